The first-order chi connectivity index (χ1) is 23.3. The normalized spacial score (nSPS) is 21.0. The van der Waals surface area contributed by atoms with Crippen LogP contribution in [-0.4, -0.2) is 60.4 Å². The van der Waals surface area contributed by atoms with Gasteiger partial charge in [0.2, 0.25) is 6.41 Å². The third-order valence-corrected chi connectivity index (χ3v) is 9.82. The summed E-state index contributed by atoms with van der Waals surface area (Å²) in [7, 11) is 0. The van der Waals surface area contributed by atoms with Gasteiger partial charge < -0.3 is 24.6 Å². The second-order valence-electron chi connectivity index (χ2n) is 14.0. The first-order valence-electron chi connectivity index (χ1n) is 19.8. The van der Waals surface area contributed by atoms with Crippen LogP contribution in [0.2, 0.25) is 0 Å². The highest BCUT2D eigenvalue weighted by molar-refractivity contribution is 5.79. The van der Waals surface area contributed by atoms with Crippen LogP contribution in [0, 0.1) is 11.8 Å². The summed E-state index contributed by atoms with van der Waals surface area (Å²) in [6.07, 6.45) is 27.0. The highest BCUT2D eigenvalue weighted by atomic mass is 16.6. The van der Waals surface area contributed by atoms with E-state index in [1.807, 2.05) is 13.8 Å². The zero-order valence-electron chi connectivity index (χ0n) is 31.0. The molecule has 2 fully saturated rings. The number of cyclic esters (lactones) is 2. The van der Waals surface area contributed by atoms with Crippen LogP contribution in [0.15, 0.2) is 0 Å². The number of aliphatic hydroxyl groups is 1. The van der Waals surface area contributed by atoms with Crippen LogP contribution < -0.4 is 5.32 Å². The summed E-state index contributed by atoms with van der Waals surface area (Å²) in [4.78, 5) is 44.8. The molecule has 6 atom stereocenters. The second kappa shape index (κ2) is 28.7. The fourth-order valence-corrected chi connectivity index (χ4v) is 6.68. The van der Waals surface area contributed by atoms with Gasteiger partial charge in [0.1, 0.15) is 24.9 Å². The molecule has 0 radical (unpaired) electrons. The van der Waals surface area contributed by atoms with Gasteiger partial charge in [-0.25, -0.2) is 0 Å². The molecule has 2 saturated heterocycles. The van der Waals surface area contributed by atoms with Crippen LogP contribution in [-0.2, 0) is 33.4 Å². The molecular formula is C39H71NO8. The molecule has 0 saturated carbocycles. The van der Waals surface area contributed by atoms with Crippen molar-refractivity contribution in [2.24, 2.45) is 11.8 Å². The highest BCUT2D eigenvalue weighted by Gasteiger charge is 2.43. The molecule has 1 amide bonds. The fraction of sp³-hybridized carbons (Fsp3) is 0.897. The zero-order chi connectivity index (χ0) is 35.4. The number of hydrogen-bond acceptors (Lipinski definition) is 8. The minimum Gasteiger partial charge on any atom is -0.461 e. The molecule has 0 spiro atoms. The van der Waals surface area contributed by atoms with Gasteiger partial charge in [-0.15, -0.1) is 0 Å². The summed E-state index contributed by atoms with van der Waals surface area (Å²) in [5.74, 6) is -0.733. The molecule has 2 rings (SSSR count). The Morgan fingerprint density at radius 2 is 1.10 bits per heavy atom. The van der Waals surface area contributed by atoms with E-state index in [9.17, 15) is 24.3 Å². The summed E-state index contributed by atoms with van der Waals surface area (Å²) < 4.78 is 15.8. The number of hydrogen-bond donors (Lipinski definition) is 2. The molecule has 2 aliphatic rings. The lowest BCUT2D eigenvalue weighted by atomic mass is 9.89. The largest absolute Gasteiger partial charge is 0.461 e. The first kappa shape index (κ1) is 43.9. The van der Waals surface area contributed by atoms with Crippen LogP contribution in [0.1, 0.15) is 182 Å². The Morgan fingerprint density at radius 3 is 1.52 bits per heavy atom. The van der Waals surface area contributed by atoms with E-state index in [1.165, 1.54) is 96.3 Å². The maximum Gasteiger partial charge on any atom is 0.325 e. The van der Waals surface area contributed by atoms with Gasteiger partial charge >= 0.3 is 17.9 Å². The van der Waals surface area contributed by atoms with Gasteiger partial charge in [-0.1, -0.05) is 137 Å². The van der Waals surface area contributed by atoms with Crippen molar-refractivity contribution in [3.8, 4) is 0 Å². The summed E-state index contributed by atoms with van der Waals surface area (Å²) in [5, 5.41) is 12.3. The topological polar surface area (TPSA) is 128 Å². The first-order valence-corrected chi connectivity index (χ1v) is 19.8. The third kappa shape index (κ3) is 19.7. The number of ether oxygens (including phenoxy) is 3. The van der Waals surface area contributed by atoms with E-state index in [1.54, 1.807) is 0 Å². The van der Waals surface area contributed by atoms with E-state index in [-0.39, 0.29) is 54.7 Å². The Morgan fingerprint density at radius 1 is 0.688 bits per heavy atom. The van der Waals surface area contributed by atoms with Crippen molar-refractivity contribution >= 4 is 24.3 Å². The van der Waals surface area contributed by atoms with Crippen LogP contribution in [0.25, 0.3) is 0 Å². The van der Waals surface area contributed by atoms with Gasteiger partial charge in [0.05, 0.1) is 17.9 Å². The molecule has 0 aromatic heterocycles. The summed E-state index contributed by atoms with van der Waals surface area (Å²) >= 11 is 0. The lowest BCUT2D eigenvalue weighted by Gasteiger charge is -2.36. The molecule has 48 heavy (non-hydrogen) atoms. The Kier molecular flexibility index (Phi) is 26.2. The average Bonchev–Trinajstić information content (AvgIpc) is 3.05. The van der Waals surface area contributed by atoms with Crippen molar-refractivity contribution in [2.75, 3.05) is 6.54 Å². The molecule has 0 aromatic carbocycles. The summed E-state index contributed by atoms with van der Waals surface area (Å²) in [6.45, 7) is 8.32. The quantitative estimate of drug-likeness (QED) is 0.0334. The van der Waals surface area contributed by atoms with E-state index in [2.05, 4.69) is 19.2 Å². The summed E-state index contributed by atoms with van der Waals surface area (Å²) in [6, 6.07) is 0. The van der Waals surface area contributed by atoms with Crippen molar-refractivity contribution in [1.82, 2.24) is 5.32 Å². The molecule has 2 heterocycles. The van der Waals surface area contributed by atoms with Crippen molar-refractivity contribution in [3.05, 3.63) is 0 Å². The second-order valence-corrected chi connectivity index (χ2v) is 14.0. The van der Waals surface area contributed by atoms with Gasteiger partial charge in [0.15, 0.2) is 0 Å². The third-order valence-electron chi connectivity index (χ3n) is 9.82. The SMILES string of the molecule is CCCCCCCCCCC[C@@H](CC1OC(=O)[C@H]1CC)OC(=O)CNC=O.CCCCCCCCCCC[C@@H](O)C[C@@H]1OC(=O)[C@H]1CC. The molecule has 280 valence electrons. The van der Waals surface area contributed by atoms with Crippen LogP contribution in [0.5, 0.6) is 0 Å². The van der Waals surface area contributed by atoms with E-state index in [0.717, 1.165) is 44.9 Å². The number of carbonyl (C=O) groups is 4. The molecular weight excluding hydrogens is 610 g/mol. The van der Waals surface area contributed by atoms with Crippen molar-refractivity contribution < 1.29 is 38.5 Å². The van der Waals surface area contributed by atoms with Gasteiger partial charge in [-0.2, -0.15) is 0 Å². The fourth-order valence-electron chi connectivity index (χ4n) is 6.68. The lowest BCUT2D eigenvalue weighted by Crippen LogP contribution is -2.47. The molecule has 1 unspecified atom stereocenters. The van der Waals surface area contributed by atoms with Crippen molar-refractivity contribution in [2.45, 2.75) is 206 Å². The Labute approximate surface area is 292 Å². The van der Waals surface area contributed by atoms with Crippen LogP contribution in [0.4, 0.5) is 0 Å². The smallest absolute Gasteiger partial charge is 0.325 e. The Balaban J connectivity index is 0.000000495. The van der Waals surface area contributed by atoms with Crippen molar-refractivity contribution in [3.63, 3.8) is 0 Å². The molecule has 2 aliphatic heterocycles. The minimum atomic E-state index is -0.443. The lowest BCUT2D eigenvalue weighted by molar-refractivity contribution is -0.190. The van der Waals surface area contributed by atoms with E-state index >= 15 is 0 Å². The maximum absolute atomic E-state index is 11.8. The molecule has 9 nitrogen and oxygen atoms in total. The number of rotatable bonds is 30. The van der Waals surface area contributed by atoms with Gasteiger partial charge in [0, 0.05) is 12.8 Å². The zero-order valence-corrected chi connectivity index (χ0v) is 31.0. The predicted octanol–water partition coefficient (Wildman–Crippen LogP) is 8.52. The van der Waals surface area contributed by atoms with Crippen molar-refractivity contribution in [1.29, 1.82) is 0 Å². The average molecular weight is 682 g/mol. The molecule has 2 N–H and O–H groups in total. The standard InChI is InChI=1S/C21H37NO5.C18H34O3/c1-3-5-6-7-8-9-10-11-12-13-17(26-20(24)15-22-16-23)14-19-18(4-2)21(25)27-19;1-3-5-6-7-8-9-10-11-12-13-15(19)14-17-16(4-2)18(20)21-17/h16-19H,3-15H2,1-2H3,(H,22,23);15-17,19H,3-14H2,1-2H3/t17-,18-,19?;15-,16+,17+/m01/s1. The minimum absolute atomic E-state index is 0.0303. The maximum atomic E-state index is 11.8. The molecule has 0 aromatic rings. The number of unbranched alkanes of at least 4 members (excludes halogenated alkanes) is 16. The van der Waals surface area contributed by atoms with Crippen LogP contribution in [0.3, 0.4) is 0 Å². The Hall–Kier alpha value is -2.16. The number of aliphatic hydroxyl groups excluding tert-OH is 1. The van der Waals surface area contributed by atoms with Gasteiger partial charge in [-0.05, 0) is 32.1 Å². The number of esters is 3. The molecule has 0 aliphatic carbocycles. The Bertz CT molecular complexity index is 852. The summed E-state index contributed by atoms with van der Waals surface area (Å²) in [5.41, 5.74) is 0. The van der Waals surface area contributed by atoms with E-state index in [4.69, 9.17) is 14.2 Å². The van der Waals surface area contributed by atoms with E-state index < -0.39 is 5.97 Å². The predicted molar refractivity (Wildman–Crippen MR) is 190 cm³/mol. The van der Waals surface area contributed by atoms with Gasteiger partial charge in [-0.3, -0.25) is 19.2 Å². The van der Waals surface area contributed by atoms with Gasteiger partial charge in [0.25, 0.3) is 0 Å². The number of amides is 1. The monoisotopic (exact) mass is 682 g/mol. The number of carbonyl (C=O) groups excluding carboxylic acids is 4. The highest BCUT2D eigenvalue weighted by Crippen LogP contribution is 2.31. The van der Waals surface area contributed by atoms with Crippen LogP contribution >= 0.6 is 0 Å². The van der Waals surface area contributed by atoms with E-state index in [0.29, 0.717) is 19.3 Å². The molecule has 0 bridgehead atoms. The number of nitrogens with one attached hydrogen (secondary N) is 1. The molecule has 9 heteroatoms.